The Morgan fingerprint density at radius 3 is 2.42 bits per heavy atom. The van der Waals surface area contributed by atoms with Gasteiger partial charge in [-0.2, -0.15) is 13.2 Å². The van der Waals surface area contributed by atoms with Crippen LogP contribution >= 0.6 is 0 Å². The molecule has 0 bridgehead atoms. The van der Waals surface area contributed by atoms with Crippen molar-refractivity contribution in [1.82, 2.24) is 15.1 Å². The molecule has 26 heavy (non-hydrogen) atoms. The van der Waals surface area contributed by atoms with Crippen LogP contribution in [0.1, 0.15) is 19.8 Å². The molecular weight excluding hydrogens is 359 g/mol. The third-order valence-corrected chi connectivity index (χ3v) is 4.32. The Morgan fingerprint density at radius 1 is 1.19 bits per heavy atom. The van der Waals surface area contributed by atoms with E-state index in [0.29, 0.717) is 12.8 Å². The van der Waals surface area contributed by atoms with Gasteiger partial charge in [0, 0.05) is 26.2 Å². The highest BCUT2D eigenvalue weighted by Gasteiger charge is 2.43. The summed E-state index contributed by atoms with van der Waals surface area (Å²) in [7, 11) is 0. The van der Waals surface area contributed by atoms with Gasteiger partial charge in [-0.15, -0.1) is 0 Å². The van der Waals surface area contributed by atoms with Crippen molar-refractivity contribution in [3.05, 3.63) is 0 Å². The van der Waals surface area contributed by atoms with Crippen LogP contribution < -0.4 is 5.32 Å². The molecule has 2 heterocycles. The minimum atomic E-state index is -4.27. The molecule has 0 radical (unpaired) electrons. The molecule has 0 unspecified atom stereocenters. The Kier molecular flexibility index (Phi) is 6.45. The molecule has 2 amide bonds. The van der Waals surface area contributed by atoms with Gasteiger partial charge >= 0.3 is 18.4 Å². The Balaban J connectivity index is 1.81. The van der Waals surface area contributed by atoms with Crippen LogP contribution in [-0.4, -0.2) is 85.4 Å². The van der Waals surface area contributed by atoms with E-state index in [0.717, 1.165) is 0 Å². The Morgan fingerprint density at radius 2 is 1.85 bits per heavy atom. The molecule has 0 aromatic heterocycles. The largest absolute Gasteiger partial charge is 0.418 e. The number of nitrogens with one attached hydrogen (secondary N) is 1. The highest BCUT2D eigenvalue weighted by molar-refractivity contribution is 5.87. The molecule has 0 aromatic carbocycles. The summed E-state index contributed by atoms with van der Waals surface area (Å²) in [4.78, 5) is 36.7. The third-order valence-electron chi connectivity index (χ3n) is 4.32. The molecule has 2 saturated heterocycles. The number of carbonyl (C=O) groups excluding carboxylic acids is 3. The summed E-state index contributed by atoms with van der Waals surface area (Å²) in [5, 5.41) is 2.14. The first-order valence-corrected chi connectivity index (χ1v) is 8.26. The number of rotatable bonds is 3. The molecule has 2 rings (SSSR count). The minimum absolute atomic E-state index is 0.147. The smallest absolute Gasteiger partial charge is 0.372 e. The van der Waals surface area contributed by atoms with Crippen LogP contribution in [0.15, 0.2) is 0 Å². The number of ketones is 1. The number of piperidine rings is 1. The van der Waals surface area contributed by atoms with Crippen molar-refractivity contribution in [2.45, 2.75) is 31.5 Å². The standard InChI is InChI=1S/C15H22F3N3O5/c1-11(22)8-19-12(23)26-13(24)21-4-2-14(3-5-21)9-20(6-7-25-14)10-15(16,17)18/h2-10H2,1H3,(H,19,23). The van der Waals surface area contributed by atoms with Gasteiger partial charge < -0.3 is 19.7 Å². The zero-order valence-corrected chi connectivity index (χ0v) is 14.4. The molecule has 0 saturated carbocycles. The van der Waals surface area contributed by atoms with Gasteiger partial charge in [0.15, 0.2) is 0 Å². The molecule has 2 fully saturated rings. The zero-order chi connectivity index (χ0) is 19.4. The fourth-order valence-electron chi connectivity index (χ4n) is 3.09. The van der Waals surface area contributed by atoms with E-state index in [9.17, 15) is 27.6 Å². The molecule has 0 aromatic rings. The maximum Gasteiger partial charge on any atom is 0.418 e. The average molecular weight is 381 g/mol. The van der Waals surface area contributed by atoms with Crippen molar-refractivity contribution in [2.75, 3.05) is 45.9 Å². The number of morpholine rings is 1. The van der Waals surface area contributed by atoms with Crippen LogP contribution in [0, 0.1) is 0 Å². The average Bonchev–Trinajstić information content (AvgIpc) is 2.52. The number of hydrogen-bond acceptors (Lipinski definition) is 6. The number of amides is 2. The van der Waals surface area contributed by atoms with Gasteiger partial charge in [0.1, 0.15) is 5.78 Å². The lowest BCUT2D eigenvalue weighted by atomic mass is 9.89. The zero-order valence-electron chi connectivity index (χ0n) is 14.4. The van der Waals surface area contributed by atoms with Crippen LogP contribution in [0.5, 0.6) is 0 Å². The number of hydrogen-bond donors (Lipinski definition) is 1. The second-order valence-electron chi connectivity index (χ2n) is 6.56. The van der Waals surface area contributed by atoms with Crippen LogP contribution in [0.3, 0.4) is 0 Å². The quantitative estimate of drug-likeness (QED) is 0.738. The molecule has 11 heteroatoms. The summed E-state index contributed by atoms with van der Waals surface area (Å²) >= 11 is 0. The second-order valence-corrected chi connectivity index (χ2v) is 6.56. The summed E-state index contributed by atoms with van der Waals surface area (Å²) in [5.74, 6) is -0.285. The normalized spacial score (nSPS) is 20.7. The van der Waals surface area contributed by atoms with E-state index in [-0.39, 0.29) is 45.1 Å². The molecule has 148 valence electrons. The fourth-order valence-corrected chi connectivity index (χ4v) is 3.09. The van der Waals surface area contributed by atoms with Crippen LogP contribution in [0.25, 0.3) is 0 Å². The Labute approximate surface area is 148 Å². The lowest BCUT2D eigenvalue weighted by molar-refractivity contribution is -0.182. The lowest BCUT2D eigenvalue weighted by Crippen LogP contribution is -2.58. The van der Waals surface area contributed by atoms with Crippen molar-refractivity contribution < 1.29 is 37.0 Å². The van der Waals surface area contributed by atoms with Crippen LogP contribution in [0.4, 0.5) is 22.8 Å². The summed E-state index contributed by atoms with van der Waals surface area (Å²) in [6.45, 7) is 1.03. The summed E-state index contributed by atoms with van der Waals surface area (Å²) < 4.78 is 48.1. The van der Waals surface area contributed by atoms with Crippen LogP contribution in [0.2, 0.25) is 0 Å². The Hall–Kier alpha value is -1.88. The molecule has 1 spiro atoms. The van der Waals surface area contributed by atoms with E-state index in [1.54, 1.807) is 0 Å². The fraction of sp³-hybridized carbons (Fsp3) is 0.800. The van der Waals surface area contributed by atoms with E-state index >= 15 is 0 Å². The van der Waals surface area contributed by atoms with E-state index in [2.05, 4.69) is 10.1 Å². The first kappa shape index (κ1) is 20.4. The second kappa shape index (κ2) is 8.21. The Bertz CT molecular complexity index is 547. The van der Waals surface area contributed by atoms with Gasteiger partial charge in [-0.25, -0.2) is 9.59 Å². The first-order chi connectivity index (χ1) is 12.1. The van der Waals surface area contributed by atoms with Gasteiger partial charge in [0.25, 0.3) is 0 Å². The maximum atomic E-state index is 12.6. The van der Waals surface area contributed by atoms with Crippen molar-refractivity contribution in [1.29, 1.82) is 0 Å². The third kappa shape index (κ3) is 6.13. The predicted molar refractivity (Wildman–Crippen MR) is 82.5 cm³/mol. The van der Waals surface area contributed by atoms with Gasteiger partial charge in [-0.3, -0.25) is 9.69 Å². The lowest BCUT2D eigenvalue weighted by Gasteiger charge is -2.47. The predicted octanol–water partition coefficient (Wildman–Crippen LogP) is 1.15. The number of alkyl halides is 3. The minimum Gasteiger partial charge on any atom is -0.372 e. The number of alkyl carbamates (subject to hydrolysis) is 1. The molecule has 1 N–H and O–H groups in total. The molecule has 8 nitrogen and oxygen atoms in total. The molecule has 2 aliphatic heterocycles. The molecular formula is C15H22F3N3O5. The van der Waals surface area contributed by atoms with Crippen molar-refractivity contribution in [3.8, 4) is 0 Å². The van der Waals surface area contributed by atoms with Crippen molar-refractivity contribution in [2.24, 2.45) is 0 Å². The number of nitrogens with zero attached hydrogens (tertiary/aromatic N) is 2. The van der Waals surface area contributed by atoms with Gasteiger partial charge in [-0.05, 0) is 19.8 Å². The van der Waals surface area contributed by atoms with E-state index in [1.807, 2.05) is 0 Å². The molecule has 0 atom stereocenters. The highest BCUT2D eigenvalue weighted by Crippen LogP contribution is 2.31. The summed E-state index contributed by atoms with van der Waals surface area (Å²) in [5.41, 5.74) is -0.725. The summed E-state index contributed by atoms with van der Waals surface area (Å²) in [6, 6.07) is 0. The molecule has 0 aliphatic carbocycles. The highest BCUT2D eigenvalue weighted by atomic mass is 19.4. The van der Waals surface area contributed by atoms with Crippen LogP contribution in [-0.2, 0) is 14.3 Å². The number of carbonyl (C=O) groups is 3. The van der Waals surface area contributed by atoms with E-state index < -0.39 is 30.5 Å². The van der Waals surface area contributed by atoms with Crippen molar-refractivity contribution >= 4 is 18.0 Å². The SMILES string of the molecule is CC(=O)CNC(=O)OC(=O)N1CCC2(CC1)CN(CC(F)(F)F)CCO2. The number of ether oxygens (including phenoxy) is 2. The maximum absolute atomic E-state index is 12.6. The van der Waals surface area contributed by atoms with Gasteiger partial charge in [-0.1, -0.05) is 0 Å². The van der Waals surface area contributed by atoms with Gasteiger partial charge in [0.2, 0.25) is 0 Å². The molecule has 2 aliphatic rings. The van der Waals surface area contributed by atoms with E-state index in [4.69, 9.17) is 4.74 Å². The summed E-state index contributed by atoms with van der Waals surface area (Å²) in [6.07, 6.45) is -5.44. The van der Waals surface area contributed by atoms with Gasteiger partial charge in [0.05, 0.1) is 25.3 Å². The van der Waals surface area contributed by atoms with E-state index in [1.165, 1.54) is 16.7 Å². The number of halogens is 3. The number of Topliss-reactive ketones (excluding diaryl/α,β-unsaturated/α-hetero) is 1. The topological polar surface area (TPSA) is 88.2 Å². The number of likely N-dealkylation sites (tertiary alicyclic amines) is 1. The monoisotopic (exact) mass is 381 g/mol. The van der Waals surface area contributed by atoms with Crippen molar-refractivity contribution in [3.63, 3.8) is 0 Å². The first-order valence-electron chi connectivity index (χ1n) is 8.26.